The molecule has 0 aliphatic heterocycles. The van der Waals surface area contributed by atoms with E-state index < -0.39 is 6.62 Å². The van der Waals surface area contributed by atoms with Gasteiger partial charge < -0.3 is 0 Å². The molecular formula is C6H14O4PSe+. The van der Waals surface area contributed by atoms with Crippen molar-refractivity contribution in [2.45, 2.75) is 0 Å². The molecule has 0 unspecified atom stereocenters. The number of hydrogen-bond acceptors (Lipinski definition) is 4. The van der Waals surface area contributed by atoms with E-state index in [1.165, 1.54) is 0 Å². The summed E-state index contributed by atoms with van der Waals surface area (Å²) in [5.41, 5.74) is 0. The molecule has 6 heteroatoms. The Morgan fingerprint density at radius 3 is 1.67 bits per heavy atom. The third kappa shape index (κ3) is 8.75. The fourth-order valence-corrected chi connectivity index (χ4v) is 1.89. The Morgan fingerprint density at radius 1 is 0.917 bits per heavy atom. The van der Waals surface area contributed by atoms with Crippen LogP contribution in [0.3, 0.4) is 0 Å². The van der Waals surface area contributed by atoms with Crippen molar-refractivity contribution in [1.82, 2.24) is 0 Å². The molecule has 0 aromatic carbocycles. The van der Waals surface area contributed by atoms with Gasteiger partial charge in [0.15, 0.2) is 0 Å². The molecule has 0 spiro atoms. The molecule has 0 radical (unpaired) electrons. The van der Waals surface area contributed by atoms with Gasteiger partial charge in [-0.05, 0) is 0 Å². The van der Waals surface area contributed by atoms with Crippen molar-refractivity contribution >= 4 is 21.7 Å². The first-order chi connectivity index (χ1) is 5.81. The number of ether oxygens (including phenoxy) is 2. The van der Waals surface area contributed by atoms with Gasteiger partial charge in [0.2, 0.25) is 0 Å². The molecule has 0 aliphatic rings. The number of hydrogen-bond donors (Lipinski definition) is 0. The van der Waals surface area contributed by atoms with E-state index in [1.54, 1.807) is 14.2 Å². The van der Waals surface area contributed by atoms with Gasteiger partial charge in [0.05, 0.1) is 0 Å². The molecule has 0 saturated heterocycles. The van der Waals surface area contributed by atoms with Gasteiger partial charge in [0, 0.05) is 0 Å². The first-order valence-electron chi connectivity index (χ1n) is 3.52. The Kier molecular flexibility index (Phi) is 10.3. The van der Waals surface area contributed by atoms with Crippen LogP contribution in [0.15, 0.2) is 0 Å². The zero-order valence-electron chi connectivity index (χ0n) is 7.32. The van der Waals surface area contributed by atoms with Crippen LogP contribution in [0, 0.1) is 0 Å². The minimum atomic E-state index is -0.889. The average Bonchev–Trinajstić information content (AvgIpc) is 2.06. The van der Waals surface area contributed by atoms with Crippen molar-refractivity contribution in [3.8, 4) is 0 Å². The molecule has 0 aromatic heterocycles. The van der Waals surface area contributed by atoms with E-state index in [2.05, 4.69) is 15.1 Å². The van der Waals surface area contributed by atoms with Crippen LogP contribution in [-0.2, 0) is 18.5 Å². The fourth-order valence-electron chi connectivity index (χ4n) is 0.428. The van der Waals surface area contributed by atoms with Crippen molar-refractivity contribution < 1.29 is 18.5 Å². The van der Waals surface area contributed by atoms with Gasteiger partial charge in [0.25, 0.3) is 0 Å². The summed E-state index contributed by atoms with van der Waals surface area (Å²) >= 11 is 2.80. The normalized spacial score (nSPS) is 10.2. The molecule has 0 bridgehead atoms. The predicted octanol–water partition coefficient (Wildman–Crippen LogP) is 0.708. The summed E-state index contributed by atoms with van der Waals surface area (Å²) in [6.07, 6.45) is 0. The molecule has 0 N–H and O–H groups in total. The molecule has 0 heterocycles. The SMILES string of the molecule is COCCO[P+](=[Se])OCCOC. The van der Waals surface area contributed by atoms with E-state index in [9.17, 15) is 0 Å². The van der Waals surface area contributed by atoms with Crippen molar-refractivity contribution in [2.24, 2.45) is 0 Å². The number of rotatable bonds is 8. The zero-order chi connectivity index (χ0) is 9.23. The molecule has 0 aliphatic carbocycles. The minimum absolute atomic E-state index is 0.558. The summed E-state index contributed by atoms with van der Waals surface area (Å²) in [6, 6.07) is 0. The van der Waals surface area contributed by atoms with Crippen LogP contribution < -0.4 is 0 Å². The standard InChI is InChI=1S/C6H14O4PSe/c1-7-3-5-9-11(12)10-6-4-8-2/h3-6H2,1-2H3/q+1. The molecule has 12 heavy (non-hydrogen) atoms. The predicted molar refractivity (Wildman–Crippen MR) is 48.3 cm³/mol. The van der Waals surface area contributed by atoms with Crippen LogP contribution in [0.1, 0.15) is 0 Å². The van der Waals surface area contributed by atoms with Gasteiger partial charge in [0.1, 0.15) is 0 Å². The van der Waals surface area contributed by atoms with Gasteiger partial charge in [-0.25, -0.2) is 0 Å². The van der Waals surface area contributed by atoms with E-state index in [0.717, 1.165) is 0 Å². The van der Waals surface area contributed by atoms with E-state index in [0.29, 0.717) is 26.4 Å². The molecule has 0 atom stereocenters. The zero-order valence-corrected chi connectivity index (χ0v) is 9.92. The Labute approximate surface area is 81.3 Å². The van der Waals surface area contributed by atoms with Gasteiger partial charge in [-0.2, -0.15) is 0 Å². The van der Waals surface area contributed by atoms with Gasteiger partial charge in [-0.15, -0.1) is 0 Å². The first-order valence-corrected chi connectivity index (χ1v) is 6.91. The molecule has 0 rings (SSSR count). The third-order valence-corrected chi connectivity index (χ3v) is 3.08. The third-order valence-electron chi connectivity index (χ3n) is 0.968. The molecule has 0 aromatic rings. The van der Waals surface area contributed by atoms with Crippen molar-refractivity contribution in [3.63, 3.8) is 0 Å². The van der Waals surface area contributed by atoms with Crippen LogP contribution in [0.4, 0.5) is 0 Å². The quantitative estimate of drug-likeness (QED) is 0.366. The maximum absolute atomic E-state index is 5.24. The van der Waals surface area contributed by atoms with E-state index in [4.69, 9.17) is 18.5 Å². The Hall–Kier alpha value is 0.659. The van der Waals surface area contributed by atoms with E-state index in [-0.39, 0.29) is 0 Å². The van der Waals surface area contributed by atoms with Gasteiger partial charge >= 0.3 is 80.9 Å². The molecule has 4 nitrogen and oxygen atoms in total. The molecule has 72 valence electrons. The first kappa shape index (κ1) is 12.7. The summed E-state index contributed by atoms with van der Waals surface area (Å²) in [5.74, 6) is 0. The second-order valence-corrected chi connectivity index (χ2v) is 4.72. The Morgan fingerprint density at radius 2 is 1.33 bits per heavy atom. The average molecular weight is 260 g/mol. The second kappa shape index (κ2) is 9.75. The Balaban J connectivity index is 3.10. The van der Waals surface area contributed by atoms with Crippen LogP contribution in [0.2, 0.25) is 0 Å². The van der Waals surface area contributed by atoms with E-state index in [1.807, 2.05) is 0 Å². The monoisotopic (exact) mass is 261 g/mol. The van der Waals surface area contributed by atoms with Gasteiger partial charge in [-0.3, -0.25) is 0 Å². The van der Waals surface area contributed by atoms with Crippen molar-refractivity contribution in [1.29, 1.82) is 0 Å². The summed E-state index contributed by atoms with van der Waals surface area (Å²) in [7, 11) is 3.27. The number of methoxy groups -OCH3 is 2. The summed E-state index contributed by atoms with van der Waals surface area (Å²) < 4.78 is 20.1. The maximum atomic E-state index is 5.24. The molecule has 0 saturated carbocycles. The van der Waals surface area contributed by atoms with Crippen LogP contribution >= 0.6 is 6.62 Å². The van der Waals surface area contributed by atoms with Gasteiger partial charge in [-0.1, -0.05) is 0 Å². The van der Waals surface area contributed by atoms with Crippen LogP contribution in [0.5, 0.6) is 0 Å². The molecule has 0 fully saturated rings. The van der Waals surface area contributed by atoms with Crippen molar-refractivity contribution in [3.05, 3.63) is 0 Å². The molecule has 0 amide bonds. The van der Waals surface area contributed by atoms with Crippen LogP contribution in [-0.4, -0.2) is 55.7 Å². The summed E-state index contributed by atoms with van der Waals surface area (Å²) in [6.45, 7) is 1.41. The fraction of sp³-hybridized carbons (Fsp3) is 1.00. The second-order valence-electron chi connectivity index (χ2n) is 1.88. The van der Waals surface area contributed by atoms with E-state index >= 15 is 0 Å². The summed E-state index contributed by atoms with van der Waals surface area (Å²) in [5, 5.41) is 0. The van der Waals surface area contributed by atoms with Crippen molar-refractivity contribution in [2.75, 3.05) is 40.6 Å². The Bertz CT molecular complexity index is 110. The van der Waals surface area contributed by atoms with Crippen LogP contribution in [0.25, 0.3) is 0 Å². The summed E-state index contributed by atoms with van der Waals surface area (Å²) in [4.78, 5) is 0. The molecular weight excluding hydrogens is 246 g/mol. The topological polar surface area (TPSA) is 36.9 Å².